The zero-order valence-electron chi connectivity index (χ0n) is 11.9. The number of anilines is 1. The van der Waals surface area contributed by atoms with Crippen molar-refractivity contribution in [3.05, 3.63) is 28.7 Å². The summed E-state index contributed by atoms with van der Waals surface area (Å²) in [7, 11) is 0. The van der Waals surface area contributed by atoms with E-state index in [1.54, 1.807) is 18.2 Å². The largest absolute Gasteiger partial charge is 0.417 e. The predicted molar refractivity (Wildman–Crippen MR) is 77.8 cm³/mol. The number of hydrogen-bond acceptors (Lipinski definition) is 4. The molecule has 1 heterocycles. The number of aromatic amines is 1. The van der Waals surface area contributed by atoms with Gasteiger partial charge in [0.25, 0.3) is 0 Å². The van der Waals surface area contributed by atoms with Crippen LogP contribution in [0.1, 0.15) is 27.2 Å². The van der Waals surface area contributed by atoms with E-state index in [1.807, 2.05) is 20.8 Å². The number of benzene rings is 1. The summed E-state index contributed by atoms with van der Waals surface area (Å²) >= 11 is 0. The lowest BCUT2D eigenvalue weighted by molar-refractivity contribution is -0.116. The first-order valence-electron chi connectivity index (χ1n) is 6.51. The molecule has 6 heteroatoms. The van der Waals surface area contributed by atoms with E-state index in [0.29, 0.717) is 29.8 Å². The smallest absolute Gasteiger partial charge is 0.408 e. The van der Waals surface area contributed by atoms with Crippen LogP contribution < -0.4 is 16.4 Å². The highest BCUT2D eigenvalue weighted by molar-refractivity contribution is 5.92. The number of amides is 1. The van der Waals surface area contributed by atoms with Gasteiger partial charge in [-0.2, -0.15) is 0 Å². The maximum Gasteiger partial charge on any atom is 0.417 e. The van der Waals surface area contributed by atoms with Gasteiger partial charge in [0.1, 0.15) is 0 Å². The number of carbonyl (C=O) groups is 1. The molecule has 0 fully saturated rings. The number of hydrogen-bond donors (Lipinski definition) is 3. The zero-order chi connectivity index (χ0) is 14.8. The molecular weight excluding hydrogens is 258 g/mol. The summed E-state index contributed by atoms with van der Waals surface area (Å²) in [6.07, 6.45) is 0.386. The number of nitrogens with one attached hydrogen (secondary N) is 3. The van der Waals surface area contributed by atoms with Crippen molar-refractivity contribution in [3.63, 3.8) is 0 Å². The minimum Gasteiger partial charge on any atom is -0.408 e. The molecule has 0 aliphatic carbocycles. The fourth-order valence-corrected chi connectivity index (χ4v) is 1.80. The monoisotopic (exact) mass is 277 g/mol. The van der Waals surface area contributed by atoms with E-state index in [2.05, 4.69) is 15.6 Å². The van der Waals surface area contributed by atoms with Gasteiger partial charge in [0, 0.05) is 24.2 Å². The number of oxazole rings is 1. The van der Waals surface area contributed by atoms with Gasteiger partial charge in [-0.05, 0) is 39.0 Å². The average Bonchev–Trinajstić information content (AvgIpc) is 2.66. The Labute approximate surface area is 116 Å². The van der Waals surface area contributed by atoms with Crippen LogP contribution in [0.5, 0.6) is 0 Å². The number of rotatable bonds is 4. The minimum atomic E-state index is -0.502. The molecule has 3 N–H and O–H groups in total. The number of fused-ring (bicyclic) bond motifs is 1. The van der Waals surface area contributed by atoms with E-state index in [9.17, 15) is 9.59 Å². The van der Waals surface area contributed by atoms with Crippen molar-refractivity contribution in [2.45, 2.75) is 32.7 Å². The number of H-pyrrole nitrogens is 1. The summed E-state index contributed by atoms with van der Waals surface area (Å²) < 4.78 is 4.90. The summed E-state index contributed by atoms with van der Waals surface area (Å²) in [5.74, 6) is -0.579. The van der Waals surface area contributed by atoms with Gasteiger partial charge in [0.05, 0.1) is 5.52 Å². The van der Waals surface area contributed by atoms with Gasteiger partial charge in [-0.1, -0.05) is 0 Å². The molecule has 1 amide bonds. The first kappa shape index (κ1) is 14.3. The highest BCUT2D eigenvalue weighted by Gasteiger charge is 2.10. The highest BCUT2D eigenvalue weighted by Crippen LogP contribution is 2.16. The minimum absolute atomic E-state index is 0.00449. The van der Waals surface area contributed by atoms with Crippen LogP contribution in [0.2, 0.25) is 0 Å². The second kappa shape index (κ2) is 5.50. The van der Waals surface area contributed by atoms with E-state index in [-0.39, 0.29) is 11.4 Å². The lowest BCUT2D eigenvalue weighted by Crippen LogP contribution is -2.37. The van der Waals surface area contributed by atoms with Gasteiger partial charge in [0.2, 0.25) is 5.91 Å². The van der Waals surface area contributed by atoms with Crippen LogP contribution in [-0.2, 0) is 4.79 Å². The predicted octanol–water partition coefficient (Wildman–Crippen LogP) is 1.84. The highest BCUT2D eigenvalue weighted by atomic mass is 16.4. The van der Waals surface area contributed by atoms with Gasteiger partial charge < -0.3 is 15.1 Å². The van der Waals surface area contributed by atoms with Crippen LogP contribution in [0.3, 0.4) is 0 Å². The molecule has 2 aromatic rings. The summed E-state index contributed by atoms with van der Waals surface area (Å²) in [5.41, 5.74) is 1.67. The molecule has 0 saturated heterocycles. The molecule has 108 valence electrons. The molecule has 2 rings (SSSR count). The van der Waals surface area contributed by atoms with Gasteiger partial charge in [-0.25, -0.2) is 4.79 Å². The van der Waals surface area contributed by atoms with Crippen molar-refractivity contribution in [2.24, 2.45) is 0 Å². The quantitative estimate of drug-likeness (QED) is 0.795. The van der Waals surface area contributed by atoms with Gasteiger partial charge >= 0.3 is 5.76 Å². The van der Waals surface area contributed by atoms with Crippen molar-refractivity contribution in [3.8, 4) is 0 Å². The molecule has 20 heavy (non-hydrogen) atoms. The third-order valence-electron chi connectivity index (χ3n) is 2.71. The SMILES string of the molecule is CC(C)(C)NCCC(=O)Nc1ccc2oc(=O)[nH]c2c1. The fraction of sp³-hybridized carbons (Fsp3) is 0.429. The van der Waals surface area contributed by atoms with Crippen molar-refractivity contribution < 1.29 is 9.21 Å². The van der Waals surface area contributed by atoms with Gasteiger partial charge in [-0.15, -0.1) is 0 Å². The van der Waals surface area contributed by atoms with Gasteiger partial charge in [-0.3, -0.25) is 9.78 Å². The Morgan fingerprint density at radius 3 is 2.80 bits per heavy atom. The molecule has 0 atom stereocenters. The molecular formula is C14H19N3O3. The summed E-state index contributed by atoms with van der Waals surface area (Å²) in [4.78, 5) is 25.4. The molecule has 0 aliphatic rings. The Hall–Kier alpha value is -2.08. The third kappa shape index (κ3) is 3.96. The normalized spacial score (nSPS) is 11.8. The molecule has 1 aromatic heterocycles. The summed E-state index contributed by atoms with van der Waals surface area (Å²) in [5, 5.41) is 6.04. The van der Waals surface area contributed by atoms with Crippen molar-refractivity contribution >= 4 is 22.7 Å². The first-order chi connectivity index (χ1) is 9.33. The van der Waals surface area contributed by atoms with E-state index in [1.165, 1.54) is 0 Å². The lowest BCUT2D eigenvalue weighted by atomic mass is 10.1. The Kier molecular flexibility index (Phi) is 3.94. The lowest BCUT2D eigenvalue weighted by Gasteiger charge is -2.20. The molecule has 0 unspecified atom stereocenters. The molecule has 0 spiro atoms. The molecule has 6 nitrogen and oxygen atoms in total. The molecule has 0 radical (unpaired) electrons. The zero-order valence-corrected chi connectivity index (χ0v) is 11.9. The van der Waals surface area contributed by atoms with E-state index >= 15 is 0 Å². The molecule has 1 aromatic carbocycles. The fourth-order valence-electron chi connectivity index (χ4n) is 1.80. The molecule has 0 aliphatic heterocycles. The standard InChI is InChI=1S/C14H19N3O3/c1-14(2,3)15-7-6-12(18)16-9-4-5-11-10(8-9)17-13(19)20-11/h4-5,8,15H,6-7H2,1-3H3,(H,16,18)(H,17,19). The van der Waals surface area contributed by atoms with Crippen LogP contribution in [0.25, 0.3) is 11.1 Å². The van der Waals surface area contributed by atoms with Gasteiger partial charge in [0.15, 0.2) is 5.58 Å². The first-order valence-corrected chi connectivity index (χ1v) is 6.51. The number of carbonyl (C=O) groups excluding carboxylic acids is 1. The average molecular weight is 277 g/mol. The second-order valence-corrected chi connectivity index (χ2v) is 5.70. The summed E-state index contributed by atoms with van der Waals surface area (Å²) in [6, 6.07) is 5.03. The Bertz CT molecular complexity index is 664. The Morgan fingerprint density at radius 1 is 1.35 bits per heavy atom. The number of aromatic nitrogens is 1. The molecule has 0 bridgehead atoms. The Morgan fingerprint density at radius 2 is 2.10 bits per heavy atom. The third-order valence-corrected chi connectivity index (χ3v) is 2.71. The second-order valence-electron chi connectivity index (χ2n) is 5.70. The van der Waals surface area contributed by atoms with E-state index in [0.717, 1.165) is 0 Å². The van der Waals surface area contributed by atoms with Crippen molar-refractivity contribution in [1.29, 1.82) is 0 Å². The maximum atomic E-state index is 11.8. The van der Waals surface area contributed by atoms with Crippen molar-refractivity contribution in [2.75, 3.05) is 11.9 Å². The van der Waals surface area contributed by atoms with Crippen molar-refractivity contribution in [1.82, 2.24) is 10.3 Å². The van der Waals surface area contributed by atoms with Crippen LogP contribution >= 0.6 is 0 Å². The van der Waals surface area contributed by atoms with Crippen LogP contribution in [0.4, 0.5) is 5.69 Å². The van der Waals surface area contributed by atoms with E-state index in [4.69, 9.17) is 4.42 Å². The van der Waals surface area contributed by atoms with Crippen LogP contribution in [0.15, 0.2) is 27.4 Å². The Balaban J connectivity index is 1.94. The van der Waals surface area contributed by atoms with Crippen LogP contribution in [0, 0.1) is 0 Å². The van der Waals surface area contributed by atoms with Crippen LogP contribution in [-0.4, -0.2) is 23.0 Å². The maximum absolute atomic E-state index is 11.8. The summed E-state index contributed by atoms with van der Waals surface area (Å²) in [6.45, 7) is 6.76. The molecule has 0 saturated carbocycles. The topological polar surface area (TPSA) is 87.1 Å². The van der Waals surface area contributed by atoms with E-state index < -0.39 is 5.76 Å².